The van der Waals surface area contributed by atoms with Crippen molar-refractivity contribution in [2.45, 2.75) is 32.4 Å². The lowest BCUT2D eigenvalue weighted by atomic mass is 10.1. The van der Waals surface area contributed by atoms with E-state index in [2.05, 4.69) is 22.1 Å². The van der Waals surface area contributed by atoms with Crippen molar-refractivity contribution in [2.75, 3.05) is 31.6 Å². The molecule has 1 fully saturated rings. The van der Waals surface area contributed by atoms with Crippen LogP contribution in [0.15, 0.2) is 10.7 Å². The van der Waals surface area contributed by atoms with E-state index in [9.17, 15) is 0 Å². The number of methoxy groups -OCH3 is 1. The highest BCUT2D eigenvalue weighted by Gasteiger charge is 2.22. The van der Waals surface area contributed by atoms with Gasteiger partial charge in [0.25, 0.3) is 6.01 Å². The Labute approximate surface area is 102 Å². The van der Waals surface area contributed by atoms with Crippen LogP contribution in [0.3, 0.4) is 0 Å². The Hall–Kier alpha value is -1.07. The van der Waals surface area contributed by atoms with E-state index in [1.807, 2.05) is 0 Å². The van der Waals surface area contributed by atoms with E-state index >= 15 is 0 Å². The molecule has 1 unspecified atom stereocenters. The van der Waals surface area contributed by atoms with Gasteiger partial charge in [-0.2, -0.15) is 4.98 Å². The number of ether oxygens (including phenoxy) is 1. The lowest BCUT2D eigenvalue weighted by Crippen LogP contribution is -2.39. The molecular formula is C12H21N3O2. The van der Waals surface area contributed by atoms with Crippen LogP contribution in [0.2, 0.25) is 0 Å². The molecule has 1 aliphatic heterocycles. The van der Waals surface area contributed by atoms with Crippen molar-refractivity contribution in [1.29, 1.82) is 0 Å². The quantitative estimate of drug-likeness (QED) is 0.841. The number of aromatic nitrogens is 1. The number of piperidine rings is 1. The first-order chi connectivity index (χ1) is 8.33. The average Bonchev–Trinajstić information content (AvgIpc) is 2.85. The Kier molecular flexibility index (Phi) is 4.39. The Morgan fingerprint density at radius 3 is 3.29 bits per heavy atom. The van der Waals surface area contributed by atoms with Crippen molar-refractivity contribution < 1.29 is 9.15 Å². The van der Waals surface area contributed by atoms with Crippen LogP contribution in [0.1, 0.15) is 25.5 Å². The number of hydrogen-bond donors (Lipinski definition) is 1. The molecule has 0 saturated carbocycles. The van der Waals surface area contributed by atoms with Crippen LogP contribution in [-0.2, 0) is 11.3 Å². The van der Waals surface area contributed by atoms with Crippen LogP contribution in [-0.4, -0.2) is 37.8 Å². The molecule has 0 aliphatic carbocycles. The fourth-order valence-electron chi connectivity index (χ4n) is 2.08. The van der Waals surface area contributed by atoms with Gasteiger partial charge in [-0.1, -0.05) is 6.92 Å². The summed E-state index contributed by atoms with van der Waals surface area (Å²) in [4.78, 5) is 6.64. The van der Waals surface area contributed by atoms with Gasteiger partial charge in [0.05, 0.1) is 11.8 Å². The maximum Gasteiger partial charge on any atom is 0.297 e. The van der Waals surface area contributed by atoms with Gasteiger partial charge in [0, 0.05) is 26.7 Å². The molecule has 0 spiro atoms. The molecule has 1 N–H and O–H groups in total. The Balaban J connectivity index is 1.94. The van der Waals surface area contributed by atoms with Crippen molar-refractivity contribution in [3.8, 4) is 0 Å². The van der Waals surface area contributed by atoms with Gasteiger partial charge in [0.2, 0.25) is 0 Å². The predicted octanol–water partition coefficient (Wildman–Crippen LogP) is 1.40. The van der Waals surface area contributed by atoms with E-state index in [1.165, 1.54) is 0 Å². The molecule has 1 aliphatic rings. The highest BCUT2D eigenvalue weighted by molar-refractivity contribution is 5.28. The largest absolute Gasteiger partial charge is 0.432 e. The summed E-state index contributed by atoms with van der Waals surface area (Å²) >= 11 is 0. The third-order valence-electron chi connectivity index (χ3n) is 3.08. The summed E-state index contributed by atoms with van der Waals surface area (Å²) < 4.78 is 10.9. The highest BCUT2D eigenvalue weighted by Crippen LogP contribution is 2.20. The Morgan fingerprint density at radius 1 is 1.65 bits per heavy atom. The summed E-state index contributed by atoms with van der Waals surface area (Å²) in [7, 11) is 1.76. The van der Waals surface area contributed by atoms with Crippen LogP contribution in [0.25, 0.3) is 0 Å². The monoisotopic (exact) mass is 239 g/mol. The molecule has 5 heteroatoms. The number of rotatable bonds is 5. The molecule has 0 amide bonds. The van der Waals surface area contributed by atoms with Gasteiger partial charge < -0.3 is 19.4 Å². The van der Waals surface area contributed by atoms with Gasteiger partial charge in [-0.3, -0.25) is 0 Å². The maximum absolute atomic E-state index is 5.51. The Morgan fingerprint density at radius 2 is 2.53 bits per heavy atom. The summed E-state index contributed by atoms with van der Waals surface area (Å²) in [5.74, 6) is 0. The van der Waals surface area contributed by atoms with Gasteiger partial charge in [-0.05, 0) is 19.4 Å². The van der Waals surface area contributed by atoms with Gasteiger partial charge in [-0.25, -0.2) is 0 Å². The molecule has 0 radical (unpaired) electrons. The van der Waals surface area contributed by atoms with Crippen molar-refractivity contribution >= 4 is 6.01 Å². The minimum Gasteiger partial charge on any atom is -0.432 e. The normalized spacial score (nSPS) is 20.8. The molecule has 96 valence electrons. The van der Waals surface area contributed by atoms with Crippen LogP contribution >= 0.6 is 0 Å². The number of nitrogens with zero attached hydrogens (tertiary/aromatic N) is 2. The lowest BCUT2D eigenvalue weighted by Gasteiger charge is -2.30. The summed E-state index contributed by atoms with van der Waals surface area (Å²) in [6.45, 7) is 5.66. The van der Waals surface area contributed by atoms with E-state index in [1.54, 1.807) is 13.4 Å². The first-order valence-corrected chi connectivity index (χ1v) is 6.26. The van der Waals surface area contributed by atoms with Crippen molar-refractivity contribution in [1.82, 2.24) is 10.3 Å². The first kappa shape index (κ1) is 12.4. The van der Waals surface area contributed by atoms with E-state index in [-0.39, 0.29) is 0 Å². The summed E-state index contributed by atoms with van der Waals surface area (Å²) in [5.41, 5.74) is 0.960. The summed E-state index contributed by atoms with van der Waals surface area (Å²) in [5, 5.41) is 3.24. The molecule has 1 atom stereocenters. The fourth-order valence-corrected chi connectivity index (χ4v) is 2.08. The van der Waals surface area contributed by atoms with Crippen LogP contribution in [0.5, 0.6) is 0 Å². The minimum absolute atomic E-state index is 0.299. The van der Waals surface area contributed by atoms with Gasteiger partial charge in [-0.15, -0.1) is 0 Å². The number of anilines is 1. The van der Waals surface area contributed by atoms with Crippen LogP contribution in [0.4, 0.5) is 6.01 Å². The third-order valence-corrected chi connectivity index (χ3v) is 3.08. The Bertz CT molecular complexity index is 340. The zero-order valence-corrected chi connectivity index (χ0v) is 10.6. The number of hydrogen-bond acceptors (Lipinski definition) is 5. The fraction of sp³-hybridized carbons (Fsp3) is 0.750. The molecule has 17 heavy (non-hydrogen) atoms. The second kappa shape index (κ2) is 6.02. The van der Waals surface area contributed by atoms with Crippen LogP contribution < -0.4 is 10.2 Å². The molecule has 1 aromatic heterocycles. The molecule has 5 nitrogen and oxygen atoms in total. The molecule has 0 bridgehead atoms. The minimum atomic E-state index is 0.299. The summed E-state index contributed by atoms with van der Waals surface area (Å²) in [6.07, 6.45) is 4.28. The SMILES string of the molecule is CCNCc1coc(N2CCCC(OC)C2)n1. The number of nitrogens with one attached hydrogen (secondary N) is 1. The zero-order chi connectivity index (χ0) is 12.1. The zero-order valence-electron chi connectivity index (χ0n) is 10.6. The van der Waals surface area contributed by atoms with Gasteiger partial charge in [0.1, 0.15) is 6.26 Å². The molecule has 1 saturated heterocycles. The molecular weight excluding hydrogens is 218 g/mol. The van der Waals surface area contributed by atoms with Gasteiger partial charge in [0.15, 0.2) is 0 Å². The standard InChI is InChI=1S/C12H21N3O2/c1-3-13-7-10-9-17-12(14-10)15-6-4-5-11(8-15)16-2/h9,11,13H,3-8H2,1-2H3. The second-order valence-corrected chi connectivity index (χ2v) is 4.35. The molecule has 0 aromatic carbocycles. The lowest BCUT2D eigenvalue weighted by molar-refractivity contribution is 0.0879. The predicted molar refractivity (Wildman–Crippen MR) is 66.1 cm³/mol. The third kappa shape index (κ3) is 3.20. The first-order valence-electron chi connectivity index (χ1n) is 6.26. The second-order valence-electron chi connectivity index (χ2n) is 4.35. The topological polar surface area (TPSA) is 50.5 Å². The van der Waals surface area contributed by atoms with E-state index in [4.69, 9.17) is 9.15 Å². The van der Waals surface area contributed by atoms with E-state index in [0.29, 0.717) is 6.10 Å². The molecule has 2 rings (SSSR count). The van der Waals surface area contributed by atoms with Crippen molar-refractivity contribution in [3.63, 3.8) is 0 Å². The van der Waals surface area contributed by atoms with Crippen molar-refractivity contribution in [2.24, 2.45) is 0 Å². The van der Waals surface area contributed by atoms with E-state index in [0.717, 1.165) is 50.7 Å². The van der Waals surface area contributed by atoms with Gasteiger partial charge >= 0.3 is 0 Å². The van der Waals surface area contributed by atoms with Crippen molar-refractivity contribution in [3.05, 3.63) is 12.0 Å². The smallest absolute Gasteiger partial charge is 0.297 e. The highest BCUT2D eigenvalue weighted by atomic mass is 16.5. The molecule has 2 heterocycles. The van der Waals surface area contributed by atoms with Crippen LogP contribution in [0, 0.1) is 0 Å². The average molecular weight is 239 g/mol. The number of oxazole rings is 1. The maximum atomic E-state index is 5.51. The summed E-state index contributed by atoms with van der Waals surface area (Å²) in [6, 6.07) is 0.722. The molecule has 1 aromatic rings. The van der Waals surface area contributed by atoms with E-state index < -0.39 is 0 Å².